The molecule has 0 spiro atoms. The summed E-state index contributed by atoms with van der Waals surface area (Å²) in [6, 6.07) is 15.4. The van der Waals surface area contributed by atoms with Crippen molar-refractivity contribution >= 4 is 28.4 Å². The van der Waals surface area contributed by atoms with Gasteiger partial charge in [-0.15, -0.1) is 5.10 Å². The number of benzene rings is 2. The Labute approximate surface area is 170 Å². The van der Waals surface area contributed by atoms with Crippen molar-refractivity contribution in [3.05, 3.63) is 74.6 Å². The summed E-state index contributed by atoms with van der Waals surface area (Å²) in [5.41, 5.74) is 2.62. The third-order valence-electron chi connectivity index (χ3n) is 4.58. The zero-order valence-electron chi connectivity index (χ0n) is 15.7. The SMILES string of the molecule is CCOc1ccc(-c2nc3s/c(=C\C4=Cc5ccccc5OC4)c(=O)n3n2)cc1. The summed E-state index contributed by atoms with van der Waals surface area (Å²) < 4.78 is 13.2. The fourth-order valence-electron chi connectivity index (χ4n) is 3.21. The molecule has 3 heterocycles. The minimum absolute atomic E-state index is 0.172. The predicted octanol–water partition coefficient (Wildman–Crippen LogP) is 3.19. The Bertz CT molecular complexity index is 1340. The number of hydrogen-bond acceptors (Lipinski definition) is 6. The number of thiazole rings is 1. The molecule has 0 fully saturated rings. The summed E-state index contributed by atoms with van der Waals surface area (Å²) in [6.07, 6.45) is 3.90. The second-order valence-corrected chi connectivity index (χ2v) is 7.56. The number of aromatic nitrogens is 3. The highest BCUT2D eigenvalue weighted by Gasteiger charge is 2.14. The number of nitrogens with zero attached hydrogens (tertiary/aromatic N) is 3. The van der Waals surface area contributed by atoms with Gasteiger partial charge in [-0.3, -0.25) is 4.79 Å². The van der Waals surface area contributed by atoms with Gasteiger partial charge in [0, 0.05) is 11.1 Å². The van der Waals surface area contributed by atoms with Crippen molar-refractivity contribution in [2.24, 2.45) is 0 Å². The lowest BCUT2D eigenvalue weighted by atomic mass is 10.1. The Kier molecular flexibility index (Phi) is 4.37. The van der Waals surface area contributed by atoms with Gasteiger partial charge in [0.1, 0.15) is 18.1 Å². The second-order valence-electron chi connectivity index (χ2n) is 6.55. The Balaban J connectivity index is 1.49. The Morgan fingerprint density at radius 3 is 2.83 bits per heavy atom. The number of hydrogen-bond donors (Lipinski definition) is 0. The van der Waals surface area contributed by atoms with E-state index in [2.05, 4.69) is 10.1 Å². The molecule has 29 heavy (non-hydrogen) atoms. The predicted molar refractivity (Wildman–Crippen MR) is 113 cm³/mol. The standard InChI is InChI=1S/C22H17N3O3S/c1-2-27-17-9-7-15(8-10-17)20-23-22-25(24-20)21(26)19(29-22)12-14-11-16-5-3-4-6-18(16)28-13-14/h3-12H,2,13H2,1H3/b19-12-. The molecule has 0 bridgehead atoms. The fraction of sp³-hybridized carbons (Fsp3) is 0.136. The molecule has 144 valence electrons. The first-order chi connectivity index (χ1) is 14.2. The fourth-order valence-corrected chi connectivity index (χ4v) is 4.13. The largest absolute Gasteiger partial charge is 0.494 e. The average Bonchev–Trinajstić information content (AvgIpc) is 3.28. The van der Waals surface area contributed by atoms with Crippen molar-refractivity contribution in [2.45, 2.75) is 6.92 Å². The molecule has 0 unspecified atom stereocenters. The highest BCUT2D eigenvalue weighted by atomic mass is 32.1. The van der Waals surface area contributed by atoms with Crippen LogP contribution in [-0.4, -0.2) is 27.8 Å². The molecule has 1 aliphatic heterocycles. The maximum Gasteiger partial charge on any atom is 0.291 e. The van der Waals surface area contributed by atoms with Crippen LogP contribution in [0.5, 0.6) is 11.5 Å². The van der Waals surface area contributed by atoms with Crippen molar-refractivity contribution in [3.8, 4) is 22.9 Å². The van der Waals surface area contributed by atoms with Crippen LogP contribution in [0.25, 0.3) is 28.5 Å². The molecule has 1 aliphatic rings. The molecule has 0 amide bonds. The van der Waals surface area contributed by atoms with Gasteiger partial charge in [0.25, 0.3) is 5.56 Å². The smallest absolute Gasteiger partial charge is 0.291 e. The minimum Gasteiger partial charge on any atom is -0.494 e. The summed E-state index contributed by atoms with van der Waals surface area (Å²) in [5, 5.41) is 4.40. The van der Waals surface area contributed by atoms with Crippen LogP contribution < -0.4 is 19.6 Å². The van der Waals surface area contributed by atoms with Crippen LogP contribution in [-0.2, 0) is 0 Å². The van der Waals surface area contributed by atoms with Crippen LogP contribution >= 0.6 is 11.3 Å². The first kappa shape index (κ1) is 17.6. The van der Waals surface area contributed by atoms with E-state index in [1.165, 1.54) is 15.9 Å². The van der Waals surface area contributed by atoms with Gasteiger partial charge in [0.15, 0.2) is 5.82 Å². The highest BCUT2D eigenvalue weighted by Crippen LogP contribution is 2.26. The van der Waals surface area contributed by atoms with Gasteiger partial charge in [-0.05, 0) is 55.0 Å². The van der Waals surface area contributed by atoms with Crippen LogP contribution in [0.3, 0.4) is 0 Å². The average molecular weight is 403 g/mol. The molecular formula is C22H17N3O3S. The number of para-hydroxylation sites is 1. The van der Waals surface area contributed by atoms with E-state index >= 15 is 0 Å². The molecule has 6 nitrogen and oxygen atoms in total. The molecule has 0 atom stereocenters. The Hall–Kier alpha value is -3.45. The van der Waals surface area contributed by atoms with Gasteiger partial charge in [-0.1, -0.05) is 29.5 Å². The summed E-state index contributed by atoms with van der Waals surface area (Å²) in [4.78, 5) is 17.9. The maximum absolute atomic E-state index is 12.8. The number of fused-ring (bicyclic) bond motifs is 2. The third-order valence-corrected chi connectivity index (χ3v) is 5.54. The molecule has 2 aromatic heterocycles. The Morgan fingerprint density at radius 2 is 2.03 bits per heavy atom. The highest BCUT2D eigenvalue weighted by molar-refractivity contribution is 7.15. The summed E-state index contributed by atoms with van der Waals surface area (Å²) >= 11 is 1.33. The lowest BCUT2D eigenvalue weighted by Gasteiger charge is -2.15. The summed E-state index contributed by atoms with van der Waals surface area (Å²) in [7, 11) is 0. The first-order valence-corrected chi connectivity index (χ1v) is 10.1. The molecule has 0 aliphatic carbocycles. The molecule has 0 saturated carbocycles. The van der Waals surface area contributed by atoms with E-state index in [9.17, 15) is 4.79 Å². The van der Waals surface area contributed by atoms with E-state index in [0.717, 1.165) is 28.2 Å². The molecule has 0 N–H and O–H groups in total. The summed E-state index contributed by atoms with van der Waals surface area (Å²) in [5.74, 6) is 2.18. The van der Waals surface area contributed by atoms with E-state index in [1.807, 2.05) is 67.6 Å². The third kappa shape index (κ3) is 3.30. The first-order valence-electron chi connectivity index (χ1n) is 9.28. The van der Waals surface area contributed by atoms with Gasteiger partial charge < -0.3 is 9.47 Å². The van der Waals surface area contributed by atoms with Gasteiger partial charge >= 0.3 is 0 Å². The topological polar surface area (TPSA) is 65.7 Å². The van der Waals surface area contributed by atoms with Crippen molar-refractivity contribution < 1.29 is 9.47 Å². The molecule has 7 heteroatoms. The number of rotatable bonds is 4. The van der Waals surface area contributed by atoms with Crippen molar-refractivity contribution in [1.29, 1.82) is 0 Å². The van der Waals surface area contributed by atoms with E-state index in [0.29, 0.717) is 28.5 Å². The lowest BCUT2D eigenvalue weighted by molar-refractivity contribution is 0.340. The Morgan fingerprint density at radius 1 is 1.21 bits per heavy atom. The van der Waals surface area contributed by atoms with Gasteiger partial charge in [-0.25, -0.2) is 0 Å². The minimum atomic E-state index is -0.172. The van der Waals surface area contributed by atoms with E-state index in [-0.39, 0.29) is 5.56 Å². The zero-order chi connectivity index (χ0) is 19.8. The lowest BCUT2D eigenvalue weighted by Crippen LogP contribution is -2.24. The normalized spacial score (nSPS) is 13.8. The molecule has 4 aromatic rings. The molecule has 2 aromatic carbocycles. The second kappa shape index (κ2) is 7.18. The van der Waals surface area contributed by atoms with Crippen molar-refractivity contribution in [3.63, 3.8) is 0 Å². The number of ether oxygens (including phenoxy) is 2. The van der Waals surface area contributed by atoms with Crippen LogP contribution in [0.2, 0.25) is 0 Å². The molecule has 0 saturated heterocycles. The molecule has 0 radical (unpaired) electrons. The van der Waals surface area contributed by atoms with Gasteiger partial charge in [-0.2, -0.15) is 9.50 Å². The summed E-state index contributed by atoms with van der Waals surface area (Å²) in [6.45, 7) is 2.99. The monoisotopic (exact) mass is 403 g/mol. The van der Waals surface area contributed by atoms with Crippen LogP contribution in [0.15, 0.2) is 58.9 Å². The quantitative estimate of drug-likeness (QED) is 0.524. The van der Waals surface area contributed by atoms with Crippen LogP contribution in [0, 0.1) is 0 Å². The van der Waals surface area contributed by atoms with Crippen molar-refractivity contribution in [2.75, 3.05) is 13.2 Å². The van der Waals surface area contributed by atoms with E-state index in [1.54, 1.807) is 0 Å². The van der Waals surface area contributed by atoms with Crippen molar-refractivity contribution in [1.82, 2.24) is 14.6 Å². The van der Waals surface area contributed by atoms with E-state index < -0.39 is 0 Å². The van der Waals surface area contributed by atoms with Crippen LogP contribution in [0.4, 0.5) is 0 Å². The van der Waals surface area contributed by atoms with Gasteiger partial charge in [0.2, 0.25) is 4.96 Å². The zero-order valence-corrected chi connectivity index (χ0v) is 16.5. The maximum atomic E-state index is 12.8. The van der Waals surface area contributed by atoms with Crippen LogP contribution in [0.1, 0.15) is 12.5 Å². The van der Waals surface area contributed by atoms with E-state index in [4.69, 9.17) is 9.47 Å². The van der Waals surface area contributed by atoms with Gasteiger partial charge in [0.05, 0.1) is 11.1 Å². The molecule has 5 rings (SSSR count). The molecular weight excluding hydrogens is 386 g/mol.